The topological polar surface area (TPSA) is 22.1 Å². The fraction of sp³-hybridized carbons (Fsp3) is 0.444. The quantitative estimate of drug-likeness (QED) is 0.687. The molecule has 1 heterocycles. The molecule has 0 aromatic carbocycles. The number of rotatable bonds is 4. The Labute approximate surface area is 71.4 Å². The van der Waals surface area contributed by atoms with Gasteiger partial charge in [0.05, 0.1) is 0 Å². The molecular weight excluding hydrogens is 157 g/mol. The van der Waals surface area contributed by atoms with Crippen molar-refractivity contribution >= 4 is 0 Å². The molecular formula is C9H12FNO. The van der Waals surface area contributed by atoms with Crippen molar-refractivity contribution in [3.63, 3.8) is 0 Å². The lowest BCUT2D eigenvalue weighted by Crippen LogP contribution is -2.02. The molecule has 1 rings (SSSR count). The molecule has 0 aliphatic carbocycles. The minimum absolute atomic E-state index is 0.0873. The summed E-state index contributed by atoms with van der Waals surface area (Å²) in [7, 11) is 0. The number of ether oxygens (including phenoxy) is 1. The summed E-state index contributed by atoms with van der Waals surface area (Å²) < 4.78 is 16.9. The van der Waals surface area contributed by atoms with Crippen LogP contribution < -0.4 is 4.74 Å². The number of alkyl halides is 1. The number of hydrogen-bond donors (Lipinski definition) is 0. The highest BCUT2D eigenvalue weighted by atomic mass is 19.1. The zero-order chi connectivity index (χ0) is 8.81. The van der Waals surface area contributed by atoms with Crippen LogP contribution in [0.4, 0.5) is 4.39 Å². The second-order valence-electron chi connectivity index (χ2n) is 2.36. The molecule has 0 unspecified atom stereocenters. The number of hydrogen-bond acceptors (Lipinski definition) is 2. The number of pyridine rings is 1. The van der Waals surface area contributed by atoms with Crippen molar-refractivity contribution in [1.82, 2.24) is 4.98 Å². The molecule has 0 N–H and O–H groups in total. The molecule has 0 fully saturated rings. The van der Waals surface area contributed by atoms with Crippen molar-refractivity contribution < 1.29 is 9.13 Å². The summed E-state index contributed by atoms with van der Waals surface area (Å²) in [5.41, 5.74) is 1.02. The Morgan fingerprint density at radius 1 is 1.58 bits per heavy atom. The van der Waals surface area contributed by atoms with Crippen molar-refractivity contribution in [1.29, 1.82) is 0 Å². The van der Waals surface area contributed by atoms with E-state index in [0.29, 0.717) is 5.88 Å². The van der Waals surface area contributed by atoms with Gasteiger partial charge in [0, 0.05) is 11.8 Å². The van der Waals surface area contributed by atoms with Crippen LogP contribution in [0.15, 0.2) is 18.3 Å². The van der Waals surface area contributed by atoms with Gasteiger partial charge in [-0.25, -0.2) is 9.37 Å². The molecule has 66 valence electrons. The Bertz CT molecular complexity index is 240. The first-order valence-corrected chi connectivity index (χ1v) is 4.01. The highest BCUT2D eigenvalue weighted by Gasteiger charge is 2.00. The minimum atomic E-state index is -0.472. The Kier molecular flexibility index (Phi) is 3.51. The third kappa shape index (κ3) is 2.19. The van der Waals surface area contributed by atoms with Crippen LogP contribution >= 0.6 is 0 Å². The van der Waals surface area contributed by atoms with Gasteiger partial charge in [-0.1, -0.05) is 13.0 Å². The van der Waals surface area contributed by atoms with E-state index in [1.54, 1.807) is 6.20 Å². The zero-order valence-electron chi connectivity index (χ0n) is 7.09. The summed E-state index contributed by atoms with van der Waals surface area (Å²) in [5.74, 6) is 0.553. The lowest BCUT2D eigenvalue weighted by Gasteiger charge is -2.05. The monoisotopic (exact) mass is 169 g/mol. The lowest BCUT2D eigenvalue weighted by molar-refractivity contribution is 0.262. The van der Waals surface area contributed by atoms with Gasteiger partial charge in [-0.3, -0.25) is 0 Å². The van der Waals surface area contributed by atoms with Crippen LogP contribution in [0.2, 0.25) is 0 Å². The van der Waals surface area contributed by atoms with Gasteiger partial charge in [0.1, 0.15) is 13.3 Å². The Hall–Kier alpha value is -1.12. The van der Waals surface area contributed by atoms with Gasteiger partial charge in [0.25, 0.3) is 0 Å². The summed E-state index contributed by atoms with van der Waals surface area (Å²) >= 11 is 0. The predicted octanol–water partition coefficient (Wildman–Crippen LogP) is 1.99. The number of aromatic nitrogens is 1. The van der Waals surface area contributed by atoms with Crippen LogP contribution in [-0.2, 0) is 6.42 Å². The zero-order valence-corrected chi connectivity index (χ0v) is 7.09. The second-order valence-corrected chi connectivity index (χ2v) is 2.36. The molecule has 0 saturated carbocycles. The summed E-state index contributed by atoms with van der Waals surface area (Å²) in [6, 6.07) is 3.78. The molecule has 12 heavy (non-hydrogen) atoms. The highest BCUT2D eigenvalue weighted by molar-refractivity contribution is 5.24. The van der Waals surface area contributed by atoms with Gasteiger partial charge in [0.15, 0.2) is 0 Å². The predicted molar refractivity (Wildman–Crippen MR) is 45.1 cm³/mol. The molecule has 0 amide bonds. The van der Waals surface area contributed by atoms with E-state index in [1.165, 1.54) is 0 Å². The number of aryl methyl sites for hydroxylation is 1. The molecule has 1 aromatic heterocycles. The van der Waals surface area contributed by atoms with Crippen molar-refractivity contribution in [2.24, 2.45) is 0 Å². The maximum Gasteiger partial charge on any atom is 0.216 e. The normalized spacial score (nSPS) is 9.83. The fourth-order valence-electron chi connectivity index (χ4n) is 0.958. The summed E-state index contributed by atoms with van der Waals surface area (Å²) in [6.45, 7) is 1.63. The van der Waals surface area contributed by atoms with E-state index in [2.05, 4.69) is 4.98 Å². The Morgan fingerprint density at radius 2 is 2.42 bits per heavy atom. The fourth-order valence-corrected chi connectivity index (χ4v) is 0.958. The molecule has 0 spiro atoms. The van der Waals surface area contributed by atoms with Gasteiger partial charge >= 0.3 is 0 Å². The first-order valence-electron chi connectivity index (χ1n) is 4.01. The van der Waals surface area contributed by atoms with Crippen molar-refractivity contribution in [2.45, 2.75) is 13.3 Å². The first-order chi connectivity index (χ1) is 5.88. The van der Waals surface area contributed by atoms with Gasteiger partial charge < -0.3 is 4.74 Å². The van der Waals surface area contributed by atoms with Crippen molar-refractivity contribution in [3.8, 4) is 5.88 Å². The van der Waals surface area contributed by atoms with Gasteiger partial charge in [-0.2, -0.15) is 0 Å². The standard InChI is InChI=1S/C9H12FNO/c1-2-8-4-3-6-11-9(8)12-7-5-10/h3-4,6H,2,5,7H2,1H3. The summed E-state index contributed by atoms with van der Waals surface area (Å²) in [6.07, 6.45) is 2.50. The van der Waals surface area contributed by atoms with E-state index in [4.69, 9.17) is 4.74 Å². The van der Waals surface area contributed by atoms with E-state index in [0.717, 1.165) is 12.0 Å². The molecule has 0 atom stereocenters. The average Bonchev–Trinajstić information content (AvgIpc) is 2.15. The first kappa shape index (κ1) is 8.97. The second kappa shape index (κ2) is 4.70. The molecule has 0 saturated heterocycles. The minimum Gasteiger partial charge on any atom is -0.475 e. The van der Waals surface area contributed by atoms with Gasteiger partial charge in [-0.05, 0) is 12.5 Å². The summed E-state index contributed by atoms with van der Waals surface area (Å²) in [4.78, 5) is 4.00. The maximum absolute atomic E-state index is 11.8. The SMILES string of the molecule is CCc1cccnc1OCCF. The largest absolute Gasteiger partial charge is 0.475 e. The molecule has 3 heteroatoms. The van der Waals surface area contributed by atoms with E-state index in [-0.39, 0.29) is 6.61 Å². The highest BCUT2D eigenvalue weighted by Crippen LogP contribution is 2.13. The van der Waals surface area contributed by atoms with Crippen LogP contribution in [0, 0.1) is 0 Å². The Morgan fingerprint density at radius 3 is 3.08 bits per heavy atom. The van der Waals surface area contributed by atoms with Crippen molar-refractivity contribution in [3.05, 3.63) is 23.9 Å². The molecule has 2 nitrogen and oxygen atoms in total. The van der Waals surface area contributed by atoms with Crippen LogP contribution in [0.3, 0.4) is 0 Å². The van der Waals surface area contributed by atoms with Crippen LogP contribution in [0.1, 0.15) is 12.5 Å². The van der Waals surface area contributed by atoms with Crippen molar-refractivity contribution in [2.75, 3.05) is 13.3 Å². The molecule has 0 radical (unpaired) electrons. The van der Waals surface area contributed by atoms with Crippen LogP contribution in [-0.4, -0.2) is 18.3 Å². The molecule has 0 aliphatic heterocycles. The third-order valence-electron chi connectivity index (χ3n) is 1.55. The molecule has 1 aromatic rings. The lowest BCUT2D eigenvalue weighted by atomic mass is 10.2. The molecule has 0 aliphatic rings. The van der Waals surface area contributed by atoms with Crippen LogP contribution in [0.25, 0.3) is 0 Å². The molecule has 0 bridgehead atoms. The number of nitrogens with zero attached hydrogens (tertiary/aromatic N) is 1. The smallest absolute Gasteiger partial charge is 0.216 e. The van der Waals surface area contributed by atoms with E-state index in [9.17, 15) is 4.39 Å². The van der Waals surface area contributed by atoms with E-state index in [1.807, 2.05) is 19.1 Å². The van der Waals surface area contributed by atoms with Gasteiger partial charge in [-0.15, -0.1) is 0 Å². The Balaban J connectivity index is 2.68. The third-order valence-corrected chi connectivity index (χ3v) is 1.55. The van der Waals surface area contributed by atoms with Gasteiger partial charge in [0.2, 0.25) is 5.88 Å². The van der Waals surface area contributed by atoms with E-state index >= 15 is 0 Å². The maximum atomic E-state index is 11.8. The number of halogens is 1. The summed E-state index contributed by atoms with van der Waals surface area (Å²) in [5, 5.41) is 0. The average molecular weight is 169 g/mol. The van der Waals surface area contributed by atoms with Crippen LogP contribution in [0.5, 0.6) is 5.88 Å². The van der Waals surface area contributed by atoms with E-state index < -0.39 is 6.67 Å².